The molecule has 0 saturated carbocycles. The van der Waals surface area contributed by atoms with E-state index in [1.165, 1.54) is 22.3 Å². The fourth-order valence-electron chi connectivity index (χ4n) is 5.40. The second kappa shape index (κ2) is 11.0. The molecule has 3 nitrogen and oxygen atoms in total. The van der Waals surface area contributed by atoms with Crippen molar-refractivity contribution in [3.05, 3.63) is 144 Å². The summed E-state index contributed by atoms with van der Waals surface area (Å²) in [6, 6.07) is 42.2. The molecule has 2 heterocycles. The van der Waals surface area contributed by atoms with E-state index >= 15 is 0 Å². The predicted octanol–water partition coefficient (Wildman–Crippen LogP) is 9.81. The third-order valence-corrected chi connectivity index (χ3v) is 7.20. The van der Waals surface area contributed by atoms with Crippen molar-refractivity contribution in [1.29, 1.82) is 0 Å². The third kappa shape index (κ3) is 5.14. The minimum absolute atomic E-state index is 0.845. The van der Waals surface area contributed by atoms with Gasteiger partial charge in [-0.15, -0.1) is 0 Å². The molecule has 3 heteroatoms. The number of hydrogen-bond acceptors (Lipinski definition) is 3. The van der Waals surface area contributed by atoms with Crippen molar-refractivity contribution in [3.8, 4) is 44.9 Å². The van der Waals surface area contributed by atoms with Gasteiger partial charge in [-0.3, -0.25) is 4.98 Å². The average Bonchev–Trinajstić information content (AvgIpc) is 3.00. The maximum Gasteiger partial charge on any atom is 0.0893 e. The van der Waals surface area contributed by atoms with Crippen molar-refractivity contribution in [1.82, 2.24) is 9.97 Å². The van der Waals surface area contributed by atoms with Gasteiger partial charge in [-0.25, -0.2) is 4.98 Å². The Balaban J connectivity index is 1.64. The molecule has 1 N–H and O–H groups in total. The summed E-state index contributed by atoms with van der Waals surface area (Å²) in [5.74, 6) is 0. The molecule has 0 aliphatic carbocycles. The van der Waals surface area contributed by atoms with E-state index in [1.807, 2.05) is 30.5 Å². The molecule has 0 saturated heterocycles. The van der Waals surface area contributed by atoms with Crippen molar-refractivity contribution >= 4 is 11.4 Å². The second-order valence-corrected chi connectivity index (χ2v) is 10.2. The third-order valence-electron chi connectivity index (χ3n) is 7.20. The molecule has 0 bridgehead atoms. The first-order chi connectivity index (χ1) is 19.6. The summed E-state index contributed by atoms with van der Waals surface area (Å²) in [6.07, 6.45) is 1.81. The molecule has 2 aromatic heterocycles. The lowest BCUT2D eigenvalue weighted by molar-refractivity contribution is 1.25. The van der Waals surface area contributed by atoms with Gasteiger partial charge in [-0.2, -0.15) is 0 Å². The summed E-state index contributed by atoms with van der Waals surface area (Å²) in [5, 5.41) is 3.86. The highest BCUT2D eigenvalue weighted by Crippen LogP contribution is 2.43. The van der Waals surface area contributed by atoms with E-state index in [0.29, 0.717) is 0 Å². The normalized spacial score (nSPS) is 10.9. The lowest BCUT2D eigenvalue weighted by atomic mass is 9.90. The molecule has 0 fully saturated rings. The van der Waals surface area contributed by atoms with Gasteiger partial charge in [0, 0.05) is 23.1 Å². The molecule has 40 heavy (non-hydrogen) atoms. The molecule has 0 aliphatic rings. The van der Waals surface area contributed by atoms with Gasteiger partial charge in [-0.05, 0) is 90.6 Å². The van der Waals surface area contributed by atoms with Crippen LogP contribution >= 0.6 is 0 Å². The Morgan fingerprint density at radius 1 is 0.525 bits per heavy atom. The lowest BCUT2D eigenvalue weighted by Crippen LogP contribution is -2.02. The number of anilines is 2. The van der Waals surface area contributed by atoms with E-state index in [-0.39, 0.29) is 0 Å². The van der Waals surface area contributed by atoms with E-state index in [9.17, 15) is 0 Å². The fraction of sp³-hybridized carbons (Fsp3) is 0.0811. The Labute approximate surface area is 236 Å². The predicted molar refractivity (Wildman–Crippen MR) is 168 cm³/mol. The van der Waals surface area contributed by atoms with Crippen molar-refractivity contribution in [2.24, 2.45) is 0 Å². The molecule has 0 atom stereocenters. The Morgan fingerprint density at radius 2 is 1.15 bits per heavy atom. The van der Waals surface area contributed by atoms with Gasteiger partial charge in [0.2, 0.25) is 0 Å². The zero-order valence-corrected chi connectivity index (χ0v) is 23.0. The number of benzene rings is 4. The maximum absolute atomic E-state index is 5.16. The number of pyridine rings is 2. The van der Waals surface area contributed by atoms with Gasteiger partial charge in [0.25, 0.3) is 0 Å². The van der Waals surface area contributed by atoms with E-state index in [1.54, 1.807) is 0 Å². The van der Waals surface area contributed by atoms with Gasteiger partial charge < -0.3 is 5.32 Å². The number of aryl methyl sites for hydroxylation is 3. The average molecular weight is 518 g/mol. The molecule has 194 valence electrons. The van der Waals surface area contributed by atoms with Crippen LogP contribution in [-0.4, -0.2) is 9.97 Å². The standard InChI is InChI=1S/C37H31N3/c1-25-21-26(2)37(27(3)22-25)40-35-24-30(28-13-6-4-7-14-28)23-31(29-15-8-5-9-16-29)36(35)34-19-12-18-33(39-34)32-17-10-11-20-38-32/h4-24,40H,1-3H3. The number of aromatic nitrogens is 2. The van der Waals surface area contributed by atoms with E-state index in [0.717, 1.165) is 50.7 Å². The van der Waals surface area contributed by atoms with Gasteiger partial charge in [0.1, 0.15) is 0 Å². The van der Waals surface area contributed by atoms with Crippen molar-refractivity contribution < 1.29 is 0 Å². The largest absolute Gasteiger partial charge is 0.355 e. The molecule has 6 aromatic rings. The minimum atomic E-state index is 0.845. The van der Waals surface area contributed by atoms with Gasteiger partial charge in [0.15, 0.2) is 0 Å². The fourth-order valence-corrected chi connectivity index (χ4v) is 5.40. The summed E-state index contributed by atoms with van der Waals surface area (Å²) in [5.41, 5.74) is 14.1. The Bertz CT molecular complexity index is 1750. The quantitative estimate of drug-likeness (QED) is 0.239. The molecular weight excluding hydrogens is 486 g/mol. The first kappa shape index (κ1) is 25.3. The topological polar surface area (TPSA) is 37.8 Å². The van der Waals surface area contributed by atoms with E-state index in [2.05, 4.69) is 128 Å². The SMILES string of the molecule is Cc1cc(C)c(Nc2cc(-c3ccccc3)cc(-c3ccccc3)c2-c2cccc(-c3ccccn3)n2)c(C)c1. The molecule has 0 unspecified atom stereocenters. The van der Waals surface area contributed by atoms with Gasteiger partial charge >= 0.3 is 0 Å². The number of nitrogens with one attached hydrogen (secondary N) is 1. The summed E-state index contributed by atoms with van der Waals surface area (Å²) in [6.45, 7) is 6.48. The molecule has 6 rings (SSSR count). The smallest absolute Gasteiger partial charge is 0.0893 e. The van der Waals surface area contributed by atoms with Crippen LogP contribution in [0.25, 0.3) is 44.9 Å². The lowest BCUT2D eigenvalue weighted by Gasteiger charge is -2.21. The summed E-state index contributed by atoms with van der Waals surface area (Å²) >= 11 is 0. The van der Waals surface area contributed by atoms with Crippen LogP contribution in [0.5, 0.6) is 0 Å². The highest BCUT2D eigenvalue weighted by Gasteiger charge is 2.19. The van der Waals surface area contributed by atoms with Crippen molar-refractivity contribution in [2.75, 3.05) is 5.32 Å². The first-order valence-corrected chi connectivity index (χ1v) is 13.6. The number of nitrogens with zero attached hydrogens (tertiary/aromatic N) is 2. The van der Waals surface area contributed by atoms with Crippen LogP contribution in [0.3, 0.4) is 0 Å². The van der Waals surface area contributed by atoms with E-state index in [4.69, 9.17) is 4.98 Å². The van der Waals surface area contributed by atoms with Crippen LogP contribution in [0.15, 0.2) is 128 Å². The molecule has 0 amide bonds. The van der Waals surface area contributed by atoms with Crippen LogP contribution in [0, 0.1) is 20.8 Å². The van der Waals surface area contributed by atoms with Crippen LogP contribution in [-0.2, 0) is 0 Å². The highest BCUT2D eigenvalue weighted by molar-refractivity contribution is 5.96. The molecule has 0 aliphatic heterocycles. The zero-order valence-electron chi connectivity index (χ0n) is 23.0. The van der Waals surface area contributed by atoms with Crippen molar-refractivity contribution in [3.63, 3.8) is 0 Å². The maximum atomic E-state index is 5.16. The molecular formula is C37H31N3. The summed E-state index contributed by atoms with van der Waals surface area (Å²) in [7, 11) is 0. The minimum Gasteiger partial charge on any atom is -0.355 e. The van der Waals surface area contributed by atoms with Crippen LogP contribution in [0.2, 0.25) is 0 Å². The summed E-state index contributed by atoms with van der Waals surface area (Å²) < 4.78 is 0. The van der Waals surface area contributed by atoms with Crippen LogP contribution < -0.4 is 5.32 Å². The Kier molecular flexibility index (Phi) is 6.95. The van der Waals surface area contributed by atoms with Crippen LogP contribution in [0.4, 0.5) is 11.4 Å². The molecule has 4 aromatic carbocycles. The number of rotatable bonds is 6. The first-order valence-electron chi connectivity index (χ1n) is 13.6. The molecule has 0 spiro atoms. The Morgan fingerprint density at radius 3 is 1.82 bits per heavy atom. The second-order valence-electron chi connectivity index (χ2n) is 10.2. The summed E-state index contributed by atoms with van der Waals surface area (Å²) in [4.78, 5) is 9.72. The van der Waals surface area contributed by atoms with Gasteiger partial charge in [0.05, 0.1) is 17.1 Å². The monoisotopic (exact) mass is 517 g/mol. The Hall–Kier alpha value is -5.02. The number of hydrogen-bond donors (Lipinski definition) is 1. The van der Waals surface area contributed by atoms with E-state index < -0.39 is 0 Å². The van der Waals surface area contributed by atoms with Crippen LogP contribution in [0.1, 0.15) is 16.7 Å². The highest BCUT2D eigenvalue weighted by atomic mass is 14.9. The van der Waals surface area contributed by atoms with Crippen molar-refractivity contribution in [2.45, 2.75) is 20.8 Å². The molecule has 0 radical (unpaired) electrons. The zero-order chi connectivity index (χ0) is 27.5. The van der Waals surface area contributed by atoms with Gasteiger partial charge in [-0.1, -0.05) is 90.5 Å².